The van der Waals surface area contributed by atoms with Crippen LogP contribution in [0.2, 0.25) is 0 Å². The molecule has 1 saturated carbocycles. The van der Waals surface area contributed by atoms with Crippen LogP contribution in [0.1, 0.15) is 6.42 Å². The molecule has 6 heteroatoms. The SMILES string of the molecule is O=C(Nc1ccc(F)cc1)[C@]1(S(=O)c2ccccc2)[C@@H]2C=C[C@@H](C2)[C@H]1Cl. The van der Waals surface area contributed by atoms with Crippen LogP contribution in [0.15, 0.2) is 71.6 Å². The van der Waals surface area contributed by atoms with Crippen LogP contribution in [-0.2, 0) is 15.6 Å². The van der Waals surface area contributed by atoms with Gasteiger partial charge in [-0.2, -0.15) is 0 Å². The summed E-state index contributed by atoms with van der Waals surface area (Å²) >= 11 is 6.70. The topological polar surface area (TPSA) is 46.2 Å². The fraction of sp³-hybridized carbons (Fsp3) is 0.250. The van der Waals surface area contributed by atoms with Crippen LogP contribution in [0.25, 0.3) is 0 Å². The monoisotopic (exact) mass is 389 g/mol. The highest BCUT2D eigenvalue weighted by molar-refractivity contribution is 7.87. The molecule has 134 valence electrons. The van der Waals surface area contributed by atoms with Gasteiger partial charge in [0.15, 0.2) is 4.75 Å². The summed E-state index contributed by atoms with van der Waals surface area (Å²) in [5, 5.41) is 2.23. The fourth-order valence-electron chi connectivity index (χ4n) is 3.90. The second kappa shape index (κ2) is 6.63. The normalized spacial score (nSPS) is 30.3. The Balaban J connectivity index is 1.74. The van der Waals surface area contributed by atoms with Crippen molar-refractivity contribution in [3.05, 3.63) is 72.6 Å². The Bertz CT molecular complexity index is 886. The van der Waals surface area contributed by atoms with E-state index in [0.29, 0.717) is 17.0 Å². The zero-order chi connectivity index (χ0) is 18.3. The number of anilines is 1. The standard InChI is InChI=1S/C20H17ClFNO2S/c21-18-13-6-7-14(12-13)20(18,26(25)17-4-2-1-3-5-17)19(24)23-16-10-8-15(22)9-11-16/h1-11,13-14,18H,12H2,(H,23,24)/t13-,14+,18+,20-,26?/m0/s1. The molecule has 1 amide bonds. The minimum Gasteiger partial charge on any atom is -0.325 e. The molecule has 3 nitrogen and oxygen atoms in total. The molecular formula is C20H17ClFNO2S. The molecule has 2 aliphatic carbocycles. The molecule has 4 rings (SSSR count). The first kappa shape index (κ1) is 17.4. The molecule has 2 aromatic rings. The first-order chi connectivity index (χ1) is 12.5. The van der Waals surface area contributed by atoms with Crippen LogP contribution >= 0.6 is 11.6 Å². The van der Waals surface area contributed by atoms with Crippen LogP contribution < -0.4 is 5.32 Å². The van der Waals surface area contributed by atoms with Crippen molar-refractivity contribution in [3.8, 4) is 0 Å². The van der Waals surface area contributed by atoms with Crippen molar-refractivity contribution in [2.24, 2.45) is 11.8 Å². The number of rotatable bonds is 4. The number of carbonyl (C=O) groups excluding carboxylic acids is 1. The second-order valence-electron chi connectivity index (χ2n) is 6.63. The van der Waals surface area contributed by atoms with Crippen molar-refractivity contribution in [1.29, 1.82) is 0 Å². The van der Waals surface area contributed by atoms with Gasteiger partial charge in [0.05, 0.1) is 16.2 Å². The molecular weight excluding hydrogens is 373 g/mol. The number of carbonyl (C=O) groups is 1. The van der Waals surface area contributed by atoms with E-state index in [9.17, 15) is 13.4 Å². The Kier molecular flexibility index (Phi) is 4.45. The molecule has 0 aliphatic heterocycles. The average Bonchev–Trinajstić information content (AvgIpc) is 3.24. The van der Waals surface area contributed by atoms with Crippen molar-refractivity contribution < 1.29 is 13.4 Å². The molecule has 26 heavy (non-hydrogen) atoms. The summed E-state index contributed by atoms with van der Waals surface area (Å²) < 4.78 is 25.4. The highest BCUT2D eigenvalue weighted by Gasteiger charge is 2.64. The van der Waals surface area contributed by atoms with Crippen LogP contribution in [0.4, 0.5) is 10.1 Å². The zero-order valence-electron chi connectivity index (χ0n) is 13.8. The number of hydrogen-bond acceptors (Lipinski definition) is 2. The van der Waals surface area contributed by atoms with Gasteiger partial charge >= 0.3 is 0 Å². The van der Waals surface area contributed by atoms with Crippen LogP contribution in [0.5, 0.6) is 0 Å². The zero-order valence-corrected chi connectivity index (χ0v) is 15.3. The summed E-state index contributed by atoms with van der Waals surface area (Å²) in [6.45, 7) is 0. The number of amides is 1. The van der Waals surface area contributed by atoms with E-state index in [0.717, 1.165) is 0 Å². The van der Waals surface area contributed by atoms with E-state index < -0.39 is 20.9 Å². The van der Waals surface area contributed by atoms with Crippen molar-refractivity contribution in [1.82, 2.24) is 0 Å². The molecule has 0 radical (unpaired) electrons. The predicted molar refractivity (Wildman–Crippen MR) is 101 cm³/mol. The molecule has 1 N–H and O–H groups in total. The average molecular weight is 390 g/mol. The van der Waals surface area contributed by atoms with E-state index in [1.807, 2.05) is 18.2 Å². The lowest BCUT2D eigenvalue weighted by atomic mass is 9.90. The minimum atomic E-state index is -1.62. The highest BCUT2D eigenvalue weighted by atomic mass is 35.5. The number of benzene rings is 2. The molecule has 2 aliphatic rings. The third kappa shape index (κ3) is 2.61. The van der Waals surface area contributed by atoms with E-state index in [4.69, 9.17) is 11.6 Å². The van der Waals surface area contributed by atoms with E-state index in [1.54, 1.807) is 24.3 Å². The maximum Gasteiger partial charge on any atom is 0.245 e. The Morgan fingerprint density at radius 3 is 2.42 bits per heavy atom. The summed E-state index contributed by atoms with van der Waals surface area (Å²) in [6.07, 6.45) is 4.67. The second-order valence-corrected chi connectivity index (χ2v) is 8.78. The van der Waals surface area contributed by atoms with Gasteiger partial charge in [0.1, 0.15) is 5.82 Å². The Morgan fingerprint density at radius 1 is 1.12 bits per heavy atom. The summed E-state index contributed by atoms with van der Waals surface area (Å²) in [5.74, 6) is -0.948. The van der Waals surface area contributed by atoms with Gasteiger partial charge in [-0.3, -0.25) is 9.00 Å². The maximum atomic E-state index is 13.5. The number of halogens is 2. The van der Waals surface area contributed by atoms with Crippen LogP contribution in [0, 0.1) is 17.7 Å². The van der Waals surface area contributed by atoms with E-state index in [2.05, 4.69) is 5.32 Å². The fourth-order valence-corrected chi connectivity index (χ4v) is 6.44. The smallest absolute Gasteiger partial charge is 0.245 e. The van der Waals surface area contributed by atoms with E-state index in [1.165, 1.54) is 24.3 Å². The maximum absolute atomic E-state index is 13.5. The first-order valence-electron chi connectivity index (χ1n) is 8.40. The van der Waals surface area contributed by atoms with Gasteiger partial charge in [-0.1, -0.05) is 30.4 Å². The lowest BCUT2D eigenvalue weighted by molar-refractivity contribution is -0.119. The number of fused-ring (bicyclic) bond motifs is 2. The van der Waals surface area contributed by atoms with Crippen molar-refractivity contribution in [2.75, 3.05) is 5.32 Å². The van der Waals surface area contributed by atoms with Gasteiger partial charge < -0.3 is 5.32 Å². The summed E-state index contributed by atoms with van der Waals surface area (Å²) in [4.78, 5) is 13.9. The van der Waals surface area contributed by atoms with Gasteiger partial charge in [0, 0.05) is 16.5 Å². The number of allylic oxidation sites excluding steroid dienone is 2. The molecule has 2 aromatic carbocycles. The van der Waals surface area contributed by atoms with Gasteiger partial charge in [-0.05, 0) is 48.7 Å². The van der Waals surface area contributed by atoms with Gasteiger partial charge in [0.2, 0.25) is 5.91 Å². The lowest BCUT2D eigenvalue weighted by Crippen LogP contribution is -2.56. The van der Waals surface area contributed by atoms with Crippen molar-refractivity contribution in [3.63, 3.8) is 0 Å². The largest absolute Gasteiger partial charge is 0.325 e. The van der Waals surface area contributed by atoms with E-state index >= 15 is 0 Å². The molecule has 0 heterocycles. The van der Waals surface area contributed by atoms with Crippen LogP contribution in [-0.4, -0.2) is 20.2 Å². The van der Waals surface area contributed by atoms with Gasteiger partial charge in [0.25, 0.3) is 0 Å². The molecule has 0 spiro atoms. The number of alkyl halides is 1. The summed E-state index contributed by atoms with van der Waals surface area (Å²) in [7, 11) is -1.62. The third-order valence-corrected chi connectivity index (χ3v) is 8.03. The number of hydrogen-bond donors (Lipinski definition) is 1. The lowest BCUT2D eigenvalue weighted by Gasteiger charge is -2.36. The predicted octanol–water partition coefficient (Wildman–Crippen LogP) is 4.12. The summed E-state index contributed by atoms with van der Waals surface area (Å²) in [5.41, 5.74) is 0.455. The number of nitrogens with one attached hydrogen (secondary N) is 1. The van der Waals surface area contributed by atoms with Gasteiger partial charge in [-0.25, -0.2) is 4.39 Å². The molecule has 0 aromatic heterocycles. The van der Waals surface area contributed by atoms with E-state index in [-0.39, 0.29) is 23.6 Å². The van der Waals surface area contributed by atoms with Gasteiger partial charge in [-0.15, -0.1) is 11.6 Å². The third-order valence-electron chi connectivity index (χ3n) is 5.17. The molecule has 5 atom stereocenters. The van der Waals surface area contributed by atoms with Crippen molar-refractivity contribution >= 4 is 34.0 Å². The molecule has 2 bridgehead atoms. The quantitative estimate of drug-likeness (QED) is 0.631. The molecule has 1 unspecified atom stereocenters. The highest BCUT2D eigenvalue weighted by Crippen LogP contribution is 2.54. The Morgan fingerprint density at radius 2 is 1.81 bits per heavy atom. The molecule has 1 fully saturated rings. The van der Waals surface area contributed by atoms with Crippen molar-refractivity contribution in [2.45, 2.75) is 21.4 Å². The van der Waals surface area contributed by atoms with Crippen LogP contribution in [0.3, 0.4) is 0 Å². The first-order valence-corrected chi connectivity index (χ1v) is 9.98. The Hall–Kier alpha value is -1.98. The molecule has 0 saturated heterocycles. The minimum absolute atomic E-state index is 0.0216. The summed E-state index contributed by atoms with van der Waals surface area (Å²) in [6, 6.07) is 14.5. The Labute approximate surface area is 158 Å².